The van der Waals surface area contributed by atoms with Crippen LogP contribution in [0.5, 0.6) is 0 Å². The summed E-state index contributed by atoms with van der Waals surface area (Å²) in [6.07, 6.45) is 1.93. The molecular formula is C17H28N2O2. The minimum atomic E-state index is 0.0618. The summed E-state index contributed by atoms with van der Waals surface area (Å²) in [5.41, 5.74) is 1.85. The molecular weight excluding hydrogens is 264 g/mol. The van der Waals surface area contributed by atoms with Gasteiger partial charge in [0.1, 0.15) is 0 Å². The van der Waals surface area contributed by atoms with Crippen LogP contribution in [0.15, 0.2) is 24.3 Å². The van der Waals surface area contributed by atoms with Crippen LogP contribution in [-0.4, -0.2) is 31.2 Å². The Bertz CT molecular complexity index is 429. The molecule has 1 aromatic rings. The lowest BCUT2D eigenvalue weighted by Gasteiger charge is -2.21. The second-order valence-electron chi connectivity index (χ2n) is 5.82. The molecule has 1 unspecified atom stereocenters. The average molecular weight is 292 g/mol. The predicted octanol–water partition coefficient (Wildman–Crippen LogP) is 3.13. The van der Waals surface area contributed by atoms with Crippen molar-refractivity contribution in [2.45, 2.75) is 33.6 Å². The zero-order valence-corrected chi connectivity index (χ0v) is 13.6. The first-order chi connectivity index (χ1) is 9.99. The maximum absolute atomic E-state index is 12.3. The summed E-state index contributed by atoms with van der Waals surface area (Å²) in [5, 5.41) is 11.9. The van der Waals surface area contributed by atoms with Gasteiger partial charge in [-0.2, -0.15) is 0 Å². The summed E-state index contributed by atoms with van der Waals surface area (Å²) in [5.74, 6) is 0.509. The zero-order valence-electron chi connectivity index (χ0n) is 13.6. The molecule has 1 rings (SSSR count). The van der Waals surface area contributed by atoms with E-state index in [4.69, 9.17) is 5.11 Å². The van der Waals surface area contributed by atoms with E-state index < -0.39 is 0 Å². The third-order valence-corrected chi connectivity index (χ3v) is 3.75. The van der Waals surface area contributed by atoms with Crippen molar-refractivity contribution >= 4 is 17.3 Å². The van der Waals surface area contributed by atoms with Gasteiger partial charge in [-0.15, -0.1) is 0 Å². The van der Waals surface area contributed by atoms with Crippen molar-refractivity contribution in [3.05, 3.63) is 24.3 Å². The molecule has 0 saturated carbocycles. The standard InChI is InChI=1S/C17H28N2O2/c1-5-6-16(13(2)3)17(21)18-14-7-9-15(10-8-14)19(4)11-12-20/h7-10,13,16,20H,5-6,11-12H2,1-4H3,(H,18,21). The molecule has 0 aliphatic heterocycles. The van der Waals surface area contributed by atoms with Crippen LogP contribution in [0.25, 0.3) is 0 Å². The van der Waals surface area contributed by atoms with Crippen molar-refractivity contribution in [2.75, 3.05) is 30.4 Å². The van der Waals surface area contributed by atoms with E-state index in [0.717, 1.165) is 24.2 Å². The fourth-order valence-corrected chi connectivity index (χ4v) is 2.39. The Morgan fingerprint density at radius 3 is 2.38 bits per heavy atom. The van der Waals surface area contributed by atoms with Crippen LogP contribution < -0.4 is 10.2 Å². The minimum Gasteiger partial charge on any atom is -0.395 e. The van der Waals surface area contributed by atoms with Gasteiger partial charge in [0.05, 0.1) is 6.61 Å². The second kappa shape index (κ2) is 8.67. The summed E-state index contributed by atoms with van der Waals surface area (Å²) >= 11 is 0. The van der Waals surface area contributed by atoms with Gasteiger partial charge < -0.3 is 15.3 Å². The van der Waals surface area contributed by atoms with Gasteiger partial charge in [-0.3, -0.25) is 4.79 Å². The maximum atomic E-state index is 12.3. The molecule has 21 heavy (non-hydrogen) atoms. The van der Waals surface area contributed by atoms with Crippen LogP contribution in [0.2, 0.25) is 0 Å². The number of aliphatic hydroxyl groups is 1. The molecule has 2 N–H and O–H groups in total. The largest absolute Gasteiger partial charge is 0.395 e. The lowest BCUT2D eigenvalue weighted by Crippen LogP contribution is -2.27. The molecule has 4 nitrogen and oxygen atoms in total. The molecule has 0 radical (unpaired) electrons. The number of hydrogen-bond donors (Lipinski definition) is 2. The Kier molecular flexibility index (Phi) is 7.23. The van der Waals surface area contributed by atoms with Gasteiger partial charge in [0.15, 0.2) is 0 Å². The molecule has 118 valence electrons. The van der Waals surface area contributed by atoms with E-state index in [1.54, 1.807) is 0 Å². The molecule has 0 spiro atoms. The van der Waals surface area contributed by atoms with Crippen LogP contribution in [0.3, 0.4) is 0 Å². The summed E-state index contributed by atoms with van der Waals surface area (Å²) in [7, 11) is 1.93. The van der Waals surface area contributed by atoms with E-state index in [1.165, 1.54) is 0 Å². The normalized spacial score (nSPS) is 12.3. The molecule has 0 aliphatic carbocycles. The number of nitrogens with one attached hydrogen (secondary N) is 1. The average Bonchev–Trinajstić information content (AvgIpc) is 2.45. The van der Waals surface area contributed by atoms with Crippen molar-refractivity contribution in [1.29, 1.82) is 0 Å². The van der Waals surface area contributed by atoms with Gasteiger partial charge in [0.25, 0.3) is 0 Å². The number of nitrogens with zero attached hydrogens (tertiary/aromatic N) is 1. The summed E-state index contributed by atoms with van der Waals surface area (Å²) in [4.78, 5) is 14.3. The summed E-state index contributed by atoms with van der Waals surface area (Å²) in [6, 6.07) is 7.72. The van der Waals surface area contributed by atoms with E-state index in [9.17, 15) is 4.79 Å². The maximum Gasteiger partial charge on any atom is 0.227 e. The van der Waals surface area contributed by atoms with Crippen molar-refractivity contribution in [1.82, 2.24) is 0 Å². The smallest absolute Gasteiger partial charge is 0.227 e. The number of aliphatic hydroxyl groups excluding tert-OH is 1. The Balaban J connectivity index is 2.68. The topological polar surface area (TPSA) is 52.6 Å². The molecule has 0 fully saturated rings. The fourth-order valence-electron chi connectivity index (χ4n) is 2.39. The number of carbonyl (C=O) groups excluding carboxylic acids is 1. The highest BCUT2D eigenvalue weighted by molar-refractivity contribution is 5.92. The van der Waals surface area contributed by atoms with Crippen molar-refractivity contribution in [2.24, 2.45) is 11.8 Å². The molecule has 0 heterocycles. The van der Waals surface area contributed by atoms with E-state index in [-0.39, 0.29) is 18.4 Å². The molecule has 4 heteroatoms. The molecule has 0 bridgehead atoms. The minimum absolute atomic E-state index is 0.0618. The molecule has 0 aliphatic rings. The summed E-state index contributed by atoms with van der Waals surface area (Å²) in [6.45, 7) is 7.01. The number of hydrogen-bond acceptors (Lipinski definition) is 3. The third kappa shape index (κ3) is 5.38. The Morgan fingerprint density at radius 1 is 1.29 bits per heavy atom. The van der Waals surface area contributed by atoms with Gasteiger partial charge in [-0.25, -0.2) is 0 Å². The highest BCUT2D eigenvalue weighted by Crippen LogP contribution is 2.21. The second-order valence-corrected chi connectivity index (χ2v) is 5.82. The number of benzene rings is 1. The van der Waals surface area contributed by atoms with Gasteiger partial charge in [0.2, 0.25) is 5.91 Å². The van der Waals surface area contributed by atoms with Crippen LogP contribution in [0, 0.1) is 11.8 Å². The molecule has 0 aromatic heterocycles. The number of rotatable bonds is 8. The van der Waals surface area contributed by atoms with Crippen molar-refractivity contribution in [3.8, 4) is 0 Å². The Morgan fingerprint density at radius 2 is 1.90 bits per heavy atom. The highest BCUT2D eigenvalue weighted by Gasteiger charge is 2.21. The van der Waals surface area contributed by atoms with Gasteiger partial charge in [0, 0.05) is 30.9 Å². The molecule has 1 atom stereocenters. The molecule has 1 amide bonds. The van der Waals surface area contributed by atoms with E-state index in [0.29, 0.717) is 12.5 Å². The lowest BCUT2D eigenvalue weighted by molar-refractivity contribution is -0.121. The Hall–Kier alpha value is -1.55. The number of carbonyl (C=O) groups is 1. The summed E-state index contributed by atoms with van der Waals surface area (Å²) < 4.78 is 0. The number of likely N-dealkylation sites (N-methyl/N-ethyl adjacent to an activating group) is 1. The quantitative estimate of drug-likeness (QED) is 0.774. The third-order valence-electron chi connectivity index (χ3n) is 3.75. The number of amides is 1. The van der Waals surface area contributed by atoms with Crippen LogP contribution in [0.4, 0.5) is 11.4 Å². The van der Waals surface area contributed by atoms with Crippen molar-refractivity contribution in [3.63, 3.8) is 0 Å². The van der Waals surface area contributed by atoms with Gasteiger partial charge in [-0.1, -0.05) is 27.2 Å². The van der Waals surface area contributed by atoms with Gasteiger partial charge >= 0.3 is 0 Å². The lowest BCUT2D eigenvalue weighted by atomic mass is 9.90. The van der Waals surface area contributed by atoms with Gasteiger partial charge in [-0.05, 0) is 36.6 Å². The van der Waals surface area contributed by atoms with Crippen LogP contribution >= 0.6 is 0 Å². The predicted molar refractivity (Wildman–Crippen MR) is 88.7 cm³/mol. The zero-order chi connectivity index (χ0) is 15.8. The SMILES string of the molecule is CCCC(C(=O)Nc1ccc(N(C)CCO)cc1)C(C)C. The molecule has 1 aromatic carbocycles. The first-order valence-corrected chi connectivity index (χ1v) is 7.72. The van der Waals surface area contributed by atoms with E-state index in [1.807, 2.05) is 36.2 Å². The van der Waals surface area contributed by atoms with Crippen molar-refractivity contribution < 1.29 is 9.90 Å². The first kappa shape index (κ1) is 17.5. The van der Waals surface area contributed by atoms with E-state index in [2.05, 4.69) is 26.1 Å². The van der Waals surface area contributed by atoms with Crippen LogP contribution in [0.1, 0.15) is 33.6 Å². The highest BCUT2D eigenvalue weighted by atomic mass is 16.3. The molecule has 0 saturated heterocycles. The van der Waals surface area contributed by atoms with E-state index >= 15 is 0 Å². The Labute approximate surface area is 128 Å². The number of anilines is 2. The first-order valence-electron chi connectivity index (χ1n) is 7.72. The monoisotopic (exact) mass is 292 g/mol. The fraction of sp³-hybridized carbons (Fsp3) is 0.588. The van der Waals surface area contributed by atoms with Crippen LogP contribution in [-0.2, 0) is 4.79 Å².